The van der Waals surface area contributed by atoms with Gasteiger partial charge in [-0.1, -0.05) is 72.2 Å². The Morgan fingerprint density at radius 3 is 2.25 bits per heavy atom. The topological polar surface area (TPSA) is 0 Å². The van der Waals surface area contributed by atoms with E-state index in [2.05, 4.69) is 22.0 Å². The van der Waals surface area contributed by atoms with Gasteiger partial charge in [-0.05, 0) is 17.2 Å². The molecule has 0 atom stereocenters. The summed E-state index contributed by atoms with van der Waals surface area (Å²) in [6, 6.07) is 0. The van der Waals surface area contributed by atoms with Crippen molar-refractivity contribution in [3.05, 3.63) is 10.5 Å². The van der Waals surface area contributed by atoms with Crippen LogP contribution in [-0.4, -0.2) is 12.6 Å². The van der Waals surface area contributed by atoms with Gasteiger partial charge in [0.15, 0.2) is 6.71 Å². The van der Waals surface area contributed by atoms with Crippen molar-refractivity contribution < 1.29 is 0 Å². The van der Waals surface area contributed by atoms with Crippen LogP contribution in [0.2, 0.25) is 11.6 Å². The van der Waals surface area contributed by atoms with Crippen LogP contribution in [0.4, 0.5) is 0 Å². The van der Waals surface area contributed by atoms with Gasteiger partial charge in [0, 0.05) is 5.88 Å². The molecule has 3 heteroatoms. The molecule has 0 spiro atoms. The smallest absolute Gasteiger partial charge is 0.127 e. The van der Waals surface area contributed by atoms with Crippen LogP contribution in [0.3, 0.4) is 0 Å². The molecule has 0 amide bonds. The summed E-state index contributed by atoms with van der Waals surface area (Å²) < 4.78 is 1.49. The third-order valence-electron chi connectivity index (χ3n) is 4.31. The fraction of sp³-hybridized carbons (Fsp3) is 0.846. The first-order valence-electron chi connectivity index (χ1n) is 6.74. The summed E-state index contributed by atoms with van der Waals surface area (Å²) in [6.45, 7) is 0.845. The van der Waals surface area contributed by atoms with E-state index < -0.39 is 0 Å². The lowest BCUT2D eigenvalue weighted by Crippen LogP contribution is -2.35. The molecule has 16 heavy (non-hydrogen) atoms. The highest BCUT2D eigenvalue weighted by molar-refractivity contribution is 9.12. The zero-order valence-electron chi connectivity index (χ0n) is 9.93. The number of fused-ring (bicyclic) bond motifs is 2. The van der Waals surface area contributed by atoms with Gasteiger partial charge in [0.25, 0.3) is 0 Å². The minimum Gasteiger partial charge on any atom is -0.127 e. The maximum atomic E-state index is 5.72. The van der Waals surface area contributed by atoms with E-state index in [0.29, 0.717) is 0 Å². The zero-order chi connectivity index (χ0) is 11.4. The van der Waals surface area contributed by atoms with Gasteiger partial charge in [-0.25, -0.2) is 0 Å². The molecular formula is C13H21BBrCl. The van der Waals surface area contributed by atoms with Crippen molar-refractivity contribution in [1.82, 2.24) is 0 Å². The normalized spacial score (nSPS) is 30.6. The van der Waals surface area contributed by atoms with Gasteiger partial charge in [-0.3, -0.25) is 0 Å². The van der Waals surface area contributed by atoms with Crippen molar-refractivity contribution in [2.24, 2.45) is 0 Å². The molecular weight excluding hydrogens is 282 g/mol. The Morgan fingerprint density at radius 1 is 1.19 bits per heavy atom. The van der Waals surface area contributed by atoms with Crippen molar-refractivity contribution >= 4 is 34.2 Å². The summed E-state index contributed by atoms with van der Waals surface area (Å²) in [4.78, 5) is 0. The highest BCUT2D eigenvalue weighted by Crippen LogP contribution is 2.49. The van der Waals surface area contributed by atoms with E-state index in [4.69, 9.17) is 11.6 Å². The number of allylic oxidation sites excluding steroid dienone is 1. The molecule has 90 valence electrons. The lowest BCUT2D eigenvalue weighted by atomic mass is 9.27. The third kappa shape index (κ3) is 3.07. The Labute approximate surface area is 113 Å². The maximum Gasteiger partial charge on any atom is 0.191 e. The molecule has 2 aliphatic rings. The second-order valence-corrected chi connectivity index (χ2v) is 6.62. The predicted octanol–water partition coefficient (Wildman–Crippen LogP) is 5.43. The molecule has 2 saturated heterocycles. The van der Waals surface area contributed by atoms with Crippen molar-refractivity contribution in [2.75, 3.05) is 5.88 Å². The second kappa shape index (κ2) is 6.49. The van der Waals surface area contributed by atoms with Crippen LogP contribution in [0, 0.1) is 0 Å². The van der Waals surface area contributed by atoms with Crippen LogP contribution >= 0.6 is 27.5 Å². The minimum atomic E-state index is 0.786. The second-order valence-electron chi connectivity index (χ2n) is 5.33. The van der Waals surface area contributed by atoms with Crippen LogP contribution in [0.25, 0.3) is 0 Å². The molecule has 0 aromatic carbocycles. The van der Waals surface area contributed by atoms with Crippen molar-refractivity contribution in [1.29, 1.82) is 0 Å². The number of rotatable bonds is 4. The molecule has 0 N–H and O–H groups in total. The molecule has 0 aromatic rings. The van der Waals surface area contributed by atoms with Crippen molar-refractivity contribution in [3.8, 4) is 0 Å². The SMILES string of the molecule is ClCCC/C=C(\Br)B1C2CCCC1CCC2. The Morgan fingerprint density at radius 2 is 1.75 bits per heavy atom. The summed E-state index contributed by atoms with van der Waals surface area (Å²) in [6.07, 6.45) is 13.4. The number of alkyl halides is 1. The molecule has 0 radical (unpaired) electrons. The van der Waals surface area contributed by atoms with Crippen LogP contribution in [0.1, 0.15) is 51.4 Å². The molecule has 2 fully saturated rings. The highest BCUT2D eigenvalue weighted by Gasteiger charge is 2.40. The van der Waals surface area contributed by atoms with Gasteiger partial charge in [0.2, 0.25) is 0 Å². The van der Waals surface area contributed by atoms with Gasteiger partial charge in [0.05, 0.1) is 0 Å². The lowest BCUT2D eigenvalue weighted by molar-refractivity contribution is 0.447. The highest BCUT2D eigenvalue weighted by atomic mass is 79.9. The van der Waals surface area contributed by atoms with Crippen molar-refractivity contribution in [3.63, 3.8) is 0 Å². The van der Waals surface area contributed by atoms with E-state index in [0.717, 1.165) is 37.1 Å². The largest absolute Gasteiger partial charge is 0.191 e. The monoisotopic (exact) mass is 302 g/mol. The quantitative estimate of drug-likeness (QED) is 0.369. The van der Waals surface area contributed by atoms with Gasteiger partial charge < -0.3 is 0 Å². The summed E-state index contributed by atoms with van der Waals surface area (Å²) in [7, 11) is 0. The van der Waals surface area contributed by atoms with Crippen LogP contribution in [0.15, 0.2) is 10.5 Å². The summed E-state index contributed by atoms with van der Waals surface area (Å²) in [5.74, 6) is 2.72. The molecule has 0 nitrogen and oxygen atoms in total. The van der Waals surface area contributed by atoms with Gasteiger partial charge in [-0.15, -0.1) is 11.6 Å². The summed E-state index contributed by atoms with van der Waals surface area (Å²) in [5.41, 5.74) is 0. The fourth-order valence-electron chi connectivity index (χ4n) is 3.58. The van der Waals surface area contributed by atoms with Gasteiger partial charge in [-0.2, -0.15) is 0 Å². The molecule has 2 heterocycles. The Bertz CT molecular complexity index is 232. The first kappa shape index (κ1) is 13.0. The molecule has 2 bridgehead atoms. The number of unbranched alkanes of at least 4 members (excludes halogenated alkanes) is 1. The van der Waals surface area contributed by atoms with Gasteiger partial charge in [0.1, 0.15) is 0 Å². The number of halogens is 2. The van der Waals surface area contributed by atoms with Gasteiger partial charge >= 0.3 is 0 Å². The maximum absolute atomic E-state index is 5.72. The lowest BCUT2D eigenvalue weighted by Gasteiger charge is -2.40. The average molecular weight is 303 g/mol. The number of hydrogen-bond acceptors (Lipinski definition) is 0. The standard InChI is InChI=1S/C13H21BBrCl/c15-13(9-1-2-10-16)14-11-5-3-6-12(14)8-4-7-11/h9,11-12H,1-8,10H2/b13-9-. The van der Waals surface area contributed by atoms with Crippen LogP contribution in [-0.2, 0) is 0 Å². The van der Waals surface area contributed by atoms with E-state index >= 15 is 0 Å². The Hall–Kier alpha value is 0.575. The molecule has 0 aliphatic carbocycles. The van der Waals surface area contributed by atoms with Crippen molar-refractivity contribution in [2.45, 2.75) is 63.0 Å². The predicted molar refractivity (Wildman–Crippen MR) is 77.9 cm³/mol. The molecule has 0 aromatic heterocycles. The molecule has 2 aliphatic heterocycles. The fourth-order valence-corrected chi connectivity index (χ4v) is 4.71. The van der Waals surface area contributed by atoms with E-state index in [1.54, 1.807) is 0 Å². The zero-order valence-corrected chi connectivity index (χ0v) is 12.3. The molecule has 2 rings (SSSR count). The van der Waals surface area contributed by atoms with E-state index in [1.807, 2.05) is 0 Å². The summed E-state index contributed by atoms with van der Waals surface area (Å²) in [5, 5.41) is 0. The first-order valence-corrected chi connectivity index (χ1v) is 8.07. The third-order valence-corrected chi connectivity index (χ3v) is 5.43. The average Bonchev–Trinajstić information content (AvgIpc) is 2.28. The minimum absolute atomic E-state index is 0.786. The van der Waals surface area contributed by atoms with E-state index in [-0.39, 0.29) is 0 Å². The van der Waals surface area contributed by atoms with Crippen LogP contribution in [0.5, 0.6) is 0 Å². The Kier molecular flexibility index (Phi) is 5.28. The molecule has 0 unspecified atom stereocenters. The summed E-state index contributed by atoms with van der Waals surface area (Å²) >= 11 is 9.57. The van der Waals surface area contributed by atoms with Crippen LogP contribution < -0.4 is 0 Å². The Balaban J connectivity index is 1.98. The van der Waals surface area contributed by atoms with E-state index in [9.17, 15) is 0 Å². The van der Waals surface area contributed by atoms with E-state index in [1.165, 1.54) is 42.9 Å². The first-order chi connectivity index (χ1) is 7.83. The molecule has 0 saturated carbocycles. The number of hydrogen-bond donors (Lipinski definition) is 0.